The van der Waals surface area contributed by atoms with Crippen LogP contribution in [0.1, 0.15) is 130 Å². The van der Waals surface area contributed by atoms with Crippen LogP contribution >= 0.6 is 0 Å². The van der Waals surface area contributed by atoms with Crippen molar-refractivity contribution in [3.63, 3.8) is 0 Å². The van der Waals surface area contributed by atoms with Crippen LogP contribution in [0.2, 0.25) is 0 Å². The number of aliphatic carboxylic acids is 2. The molecule has 0 radical (unpaired) electrons. The molecule has 104 heavy (non-hydrogen) atoms. The lowest BCUT2D eigenvalue weighted by molar-refractivity contribution is -0.139. The number of carboxylic acid groups (broad SMARTS) is 2. The molecule has 1 unspecified atom stereocenters. The van der Waals surface area contributed by atoms with Crippen LogP contribution in [0.3, 0.4) is 0 Å². The zero-order chi connectivity index (χ0) is 78.5. The number of aliphatic hydroxyl groups excluding tert-OH is 3. The number of H-pyrrole nitrogens is 2. The Bertz CT molecular complexity index is 3210. The lowest BCUT2D eigenvalue weighted by atomic mass is 9.83. The monoisotopic (exact) mass is 1480 g/mol. The number of hydrogen-bond donors (Lipinski definition) is 24. The van der Waals surface area contributed by atoms with Crippen LogP contribution in [0.25, 0.3) is 0 Å². The van der Waals surface area contributed by atoms with Gasteiger partial charge in [-0.15, -0.1) is 0 Å². The normalized spacial score (nSPS) is 15.2. The van der Waals surface area contributed by atoms with E-state index < -0.39 is 218 Å². The summed E-state index contributed by atoms with van der Waals surface area (Å²) in [4.78, 5) is 220. The average molecular weight is 1480 g/mol. The summed E-state index contributed by atoms with van der Waals surface area (Å²) in [5, 5.41) is 75.2. The maximum atomic E-state index is 14.7. The van der Waals surface area contributed by atoms with Gasteiger partial charge in [-0.1, -0.05) is 34.1 Å². The molecule has 14 atom stereocenters. The first-order valence-corrected chi connectivity index (χ1v) is 33.6. The SMILES string of the molecule is CC(C)C[C@H](NC(=O)[C@H](Cc1cnc[nH]1)NC(=O)[C@H](CC(N)=O)NC(=O)[C@H](CCC(=O)O)NC(=O)[C@H](CO)NC(=O)[C@H](CCCCC(=O)O)NC(=O)[C@@H](N)[C@@H](C)O)C(=O)N[C@@H](CCCN=C(N)N)C(=O)N[C@@H](Cc1cnc[nH]1)C(=O)N[C@@H](C)C(=O)N[C@H](C(=O)N[C@@H](CO)C(N)=O)C(CCCN)C(C)C. The number of aromatic nitrogens is 4. The minimum absolute atomic E-state index is 0.0166. The molecule has 2 aromatic heterocycles. The molecular formula is C62H104N22O20. The third kappa shape index (κ3) is 33.1. The topological polar surface area (TPSA) is 715 Å². The zero-order valence-corrected chi connectivity index (χ0v) is 58.9. The van der Waals surface area contributed by atoms with Gasteiger partial charge in [0.25, 0.3) is 0 Å². The highest BCUT2D eigenvalue weighted by Gasteiger charge is 2.39. The van der Waals surface area contributed by atoms with E-state index in [0.717, 1.165) is 0 Å². The number of nitrogens with two attached hydrogens (primary N) is 6. The van der Waals surface area contributed by atoms with Crippen molar-refractivity contribution in [2.24, 2.45) is 57.1 Å². The quantitative estimate of drug-likeness (QED) is 0.0166. The van der Waals surface area contributed by atoms with Gasteiger partial charge in [0, 0.05) is 56.0 Å². The van der Waals surface area contributed by atoms with Gasteiger partial charge in [-0.05, 0) is 89.5 Å². The summed E-state index contributed by atoms with van der Waals surface area (Å²) in [6.07, 6.45) is 0.342. The Kier molecular flexibility index (Phi) is 39.8. The highest BCUT2D eigenvalue weighted by molar-refractivity contribution is 6.00. The first-order valence-electron chi connectivity index (χ1n) is 33.6. The summed E-state index contributed by atoms with van der Waals surface area (Å²) in [5.41, 5.74) is 34.0. The van der Waals surface area contributed by atoms with Crippen molar-refractivity contribution >= 4 is 94.7 Å². The van der Waals surface area contributed by atoms with Crippen LogP contribution in [-0.2, 0) is 84.8 Å². The van der Waals surface area contributed by atoms with Gasteiger partial charge in [0.1, 0.15) is 72.5 Å². The molecule has 0 bridgehead atoms. The van der Waals surface area contributed by atoms with Crippen molar-refractivity contribution in [3.8, 4) is 0 Å². The Morgan fingerprint density at radius 3 is 1.37 bits per heavy atom. The van der Waals surface area contributed by atoms with Gasteiger partial charge in [0.15, 0.2) is 5.96 Å². The standard InChI is InChI=1S/C62H104N22O20/c1-29(2)19-39(56(99)75-37(13-10-18-71-62(67)68)52(95)79-40(20-33-23-69-27-72-33)55(98)74-31(5)51(94)84-49(35(30(3)4)11-9-17-63)61(104)82-43(25-85)50(66)93)78-57(100)41(21-34-24-70-28-73-34)80-58(101)42(22-45(64)88)81-54(97)38(15-16-47(91)92)76-59(102)44(26-86)83-53(96)36(12-7-8-14-46(89)90)77-60(103)48(65)32(6)87/h23-24,27-32,35-44,48-49,85-87H,7-22,25-26,63,65H2,1-6H3,(H2,64,88)(H2,66,93)(H,69,72)(H,70,73)(H,74,98)(H,75,99)(H,76,102)(H,77,103)(H,78,100)(H,79,95)(H,80,101)(H,81,97)(H,82,104)(H,83,96)(H,84,94)(H,89,90)(H,91,92)(H4,67,68,71)/t31-,32+,35?,36-,37-,38-,39-,40-,41-,42-,43-,44-,48-,49-/m0/s1. The number of primary amides is 2. The summed E-state index contributed by atoms with van der Waals surface area (Å²) < 4.78 is 0. The number of nitrogens with one attached hydrogen (secondary N) is 13. The molecule has 0 aromatic carbocycles. The van der Waals surface area contributed by atoms with Crippen LogP contribution in [0.15, 0.2) is 30.0 Å². The summed E-state index contributed by atoms with van der Waals surface area (Å²) in [7, 11) is 0. The van der Waals surface area contributed by atoms with E-state index in [1.165, 1.54) is 38.9 Å². The van der Waals surface area contributed by atoms with Crippen molar-refractivity contribution in [1.82, 2.24) is 78.4 Å². The average Bonchev–Trinajstić information content (AvgIpc) is 0.873. The van der Waals surface area contributed by atoms with Crippen LogP contribution in [-0.4, -0.2) is 245 Å². The first-order chi connectivity index (χ1) is 48.9. The van der Waals surface area contributed by atoms with E-state index in [0.29, 0.717) is 18.5 Å². The molecule has 0 spiro atoms. The molecule has 0 aliphatic heterocycles. The third-order valence-electron chi connectivity index (χ3n) is 16.1. The Labute approximate surface area is 598 Å². The molecule has 0 aliphatic rings. The van der Waals surface area contributed by atoms with Crippen molar-refractivity contribution in [3.05, 3.63) is 36.4 Å². The minimum Gasteiger partial charge on any atom is -0.481 e. The van der Waals surface area contributed by atoms with Gasteiger partial charge in [-0.2, -0.15) is 0 Å². The van der Waals surface area contributed by atoms with Crippen molar-refractivity contribution in [1.29, 1.82) is 0 Å². The summed E-state index contributed by atoms with van der Waals surface area (Å²) in [6.45, 7) is 7.53. The number of hydrogen-bond acceptors (Lipinski definition) is 23. The second-order valence-electron chi connectivity index (χ2n) is 25.5. The van der Waals surface area contributed by atoms with Crippen LogP contribution < -0.4 is 92.9 Å². The van der Waals surface area contributed by atoms with Gasteiger partial charge in [0.2, 0.25) is 76.8 Å². The lowest BCUT2D eigenvalue weighted by Crippen LogP contribution is -2.62. The molecule has 2 aromatic rings. The Morgan fingerprint density at radius 1 is 0.481 bits per heavy atom. The molecular weight excluding hydrogens is 1370 g/mol. The molecule has 13 amide bonds. The van der Waals surface area contributed by atoms with Crippen LogP contribution in [0, 0.1) is 17.8 Å². The van der Waals surface area contributed by atoms with E-state index in [1.54, 1.807) is 27.7 Å². The maximum absolute atomic E-state index is 14.7. The number of carboxylic acids is 2. The number of carbonyl (C=O) groups excluding carboxylic acids is 13. The van der Waals surface area contributed by atoms with Crippen molar-refractivity contribution in [2.75, 3.05) is 26.3 Å². The number of amides is 13. The van der Waals surface area contributed by atoms with Crippen LogP contribution in [0.4, 0.5) is 0 Å². The van der Waals surface area contributed by atoms with E-state index >= 15 is 0 Å². The van der Waals surface area contributed by atoms with Gasteiger partial charge >= 0.3 is 11.9 Å². The highest BCUT2D eigenvalue weighted by Crippen LogP contribution is 2.22. The van der Waals surface area contributed by atoms with Crippen LogP contribution in [0.5, 0.6) is 0 Å². The smallest absolute Gasteiger partial charge is 0.303 e. The Morgan fingerprint density at radius 2 is 0.913 bits per heavy atom. The van der Waals surface area contributed by atoms with Crippen molar-refractivity contribution in [2.45, 2.75) is 210 Å². The fraction of sp³-hybridized carbons (Fsp3) is 0.645. The van der Waals surface area contributed by atoms with E-state index in [4.69, 9.17) is 39.5 Å². The first kappa shape index (κ1) is 89.6. The highest BCUT2D eigenvalue weighted by atomic mass is 16.4. The number of imidazole rings is 2. The number of guanidine groups is 1. The molecule has 0 fully saturated rings. The number of unbranched alkanes of at least 4 members (excludes halogenated alkanes) is 1. The number of aromatic amines is 2. The number of nitrogens with zero attached hydrogens (tertiary/aromatic N) is 3. The number of carbonyl (C=O) groups is 15. The molecule has 30 N–H and O–H groups in total. The predicted octanol–water partition coefficient (Wildman–Crippen LogP) is -9.06. The van der Waals surface area contributed by atoms with E-state index in [2.05, 4.69) is 83.4 Å². The molecule has 42 nitrogen and oxygen atoms in total. The second-order valence-corrected chi connectivity index (χ2v) is 25.5. The van der Waals surface area contributed by atoms with Gasteiger partial charge in [-0.3, -0.25) is 76.9 Å². The fourth-order valence-electron chi connectivity index (χ4n) is 10.3. The molecule has 2 rings (SSSR count). The summed E-state index contributed by atoms with van der Waals surface area (Å²) in [5.74, 6) is -18.3. The molecule has 0 saturated carbocycles. The van der Waals surface area contributed by atoms with E-state index in [9.17, 15) is 92.3 Å². The number of aliphatic imine (C=N–C) groups is 1. The predicted molar refractivity (Wildman–Crippen MR) is 367 cm³/mol. The van der Waals surface area contributed by atoms with Gasteiger partial charge in [-0.25, -0.2) is 9.97 Å². The third-order valence-corrected chi connectivity index (χ3v) is 16.1. The van der Waals surface area contributed by atoms with E-state index in [-0.39, 0.29) is 82.0 Å². The maximum Gasteiger partial charge on any atom is 0.303 e. The number of rotatable bonds is 51. The van der Waals surface area contributed by atoms with Gasteiger partial charge in [0.05, 0.1) is 38.4 Å². The lowest BCUT2D eigenvalue weighted by Gasteiger charge is -2.32. The van der Waals surface area contributed by atoms with Crippen molar-refractivity contribution < 1.29 is 97.5 Å². The molecule has 2 heterocycles. The van der Waals surface area contributed by atoms with Gasteiger partial charge < -0.3 is 128 Å². The molecule has 0 saturated heterocycles. The molecule has 582 valence electrons. The largest absolute Gasteiger partial charge is 0.481 e. The molecule has 0 aliphatic carbocycles. The fourth-order valence-corrected chi connectivity index (χ4v) is 10.3. The summed E-state index contributed by atoms with van der Waals surface area (Å²) in [6, 6.07) is -19.6. The number of aliphatic hydroxyl groups is 3. The second kappa shape index (κ2) is 46.2. The Hall–Kier alpha value is -10.5. The summed E-state index contributed by atoms with van der Waals surface area (Å²) >= 11 is 0. The Balaban J connectivity index is 2.57. The van der Waals surface area contributed by atoms with E-state index in [1.807, 2.05) is 0 Å². The zero-order valence-electron chi connectivity index (χ0n) is 58.9. The minimum atomic E-state index is -2.02. The molecule has 42 heteroatoms.